The van der Waals surface area contributed by atoms with E-state index >= 15 is 0 Å². The molecule has 0 unspecified atom stereocenters. The number of piperidine rings is 1. The Labute approximate surface area is 193 Å². The smallest absolute Gasteiger partial charge is 0.410 e. The molecule has 0 atom stereocenters. The Morgan fingerprint density at radius 1 is 1.30 bits per heavy atom. The molecule has 180 valence electrons. The SMILES string of the molecule is COCCNc1ccc(Nc2ncc(C)c(OC3CCN(C(=O)OC(C)C)CC3)n2)c(F)c1. The molecule has 0 bridgehead atoms. The van der Waals surface area contributed by atoms with Gasteiger partial charge >= 0.3 is 6.09 Å². The minimum absolute atomic E-state index is 0.0799. The van der Waals surface area contributed by atoms with Crippen molar-refractivity contribution in [2.24, 2.45) is 0 Å². The van der Waals surface area contributed by atoms with Gasteiger partial charge in [-0.05, 0) is 39.0 Å². The van der Waals surface area contributed by atoms with Gasteiger partial charge in [0.2, 0.25) is 11.8 Å². The van der Waals surface area contributed by atoms with E-state index in [0.29, 0.717) is 50.7 Å². The third-order valence-electron chi connectivity index (χ3n) is 5.09. The molecule has 1 aromatic heterocycles. The van der Waals surface area contributed by atoms with Crippen molar-refractivity contribution in [3.63, 3.8) is 0 Å². The Morgan fingerprint density at radius 3 is 2.73 bits per heavy atom. The number of anilines is 3. The Hall–Kier alpha value is -3.14. The first kappa shape index (κ1) is 24.5. The Balaban J connectivity index is 1.58. The van der Waals surface area contributed by atoms with Crippen LogP contribution in [0.2, 0.25) is 0 Å². The number of rotatable bonds is 9. The molecule has 1 saturated heterocycles. The second kappa shape index (κ2) is 11.6. The number of hydrogen-bond acceptors (Lipinski definition) is 8. The standard InChI is InChI=1S/C23H32FN5O4/c1-15(2)32-23(30)29-10-7-18(8-11-29)33-21-16(3)14-26-22(28-21)27-20-6-5-17(13-19(20)24)25-9-12-31-4/h5-6,13-15,18,25H,7-12H2,1-4H3,(H,26,27,28). The average Bonchev–Trinajstić information content (AvgIpc) is 2.78. The van der Waals surface area contributed by atoms with Gasteiger partial charge in [-0.3, -0.25) is 0 Å². The predicted molar refractivity (Wildman–Crippen MR) is 124 cm³/mol. The second-order valence-electron chi connectivity index (χ2n) is 8.16. The van der Waals surface area contributed by atoms with E-state index < -0.39 is 5.82 Å². The van der Waals surface area contributed by atoms with E-state index in [9.17, 15) is 9.18 Å². The molecule has 1 aromatic carbocycles. The maximum atomic E-state index is 14.5. The highest BCUT2D eigenvalue weighted by Crippen LogP contribution is 2.25. The van der Waals surface area contributed by atoms with Crippen LogP contribution in [0.15, 0.2) is 24.4 Å². The molecule has 0 spiro atoms. The summed E-state index contributed by atoms with van der Waals surface area (Å²) in [7, 11) is 1.61. The number of methoxy groups -OCH3 is 1. The fraction of sp³-hybridized carbons (Fsp3) is 0.522. The zero-order valence-corrected chi connectivity index (χ0v) is 19.6. The van der Waals surface area contributed by atoms with Crippen molar-refractivity contribution in [1.82, 2.24) is 14.9 Å². The number of carbonyl (C=O) groups excluding carboxylic acids is 1. The Morgan fingerprint density at radius 2 is 2.06 bits per heavy atom. The van der Waals surface area contributed by atoms with Crippen molar-refractivity contribution in [2.45, 2.75) is 45.8 Å². The van der Waals surface area contributed by atoms with Gasteiger partial charge in [0.1, 0.15) is 11.9 Å². The summed E-state index contributed by atoms with van der Waals surface area (Å²) >= 11 is 0. The van der Waals surface area contributed by atoms with E-state index in [1.807, 2.05) is 20.8 Å². The molecule has 0 radical (unpaired) electrons. The molecular formula is C23H32FN5O4. The monoisotopic (exact) mass is 461 g/mol. The summed E-state index contributed by atoms with van der Waals surface area (Å²) in [5, 5.41) is 5.99. The van der Waals surface area contributed by atoms with Gasteiger partial charge in [-0.1, -0.05) is 0 Å². The zero-order valence-electron chi connectivity index (χ0n) is 19.6. The Kier molecular flexibility index (Phi) is 8.65. The molecule has 10 heteroatoms. The lowest BCUT2D eigenvalue weighted by Crippen LogP contribution is -2.42. The molecule has 2 aromatic rings. The number of halogens is 1. The summed E-state index contributed by atoms with van der Waals surface area (Å²) in [6.45, 7) is 7.75. The van der Waals surface area contributed by atoms with E-state index in [1.165, 1.54) is 6.07 Å². The zero-order chi connectivity index (χ0) is 23.8. The van der Waals surface area contributed by atoms with Crippen molar-refractivity contribution in [1.29, 1.82) is 0 Å². The molecule has 2 N–H and O–H groups in total. The molecule has 1 aliphatic heterocycles. The summed E-state index contributed by atoms with van der Waals surface area (Å²) in [6.07, 6.45) is 2.46. The van der Waals surface area contributed by atoms with Crippen LogP contribution < -0.4 is 15.4 Å². The normalized spacial score (nSPS) is 14.3. The highest BCUT2D eigenvalue weighted by atomic mass is 19.1. The first-order valence-electron chi connectivity index (χ1n) is 11.1. The minimum atomic E-state index is -0.426. The lowest BCUT2D eigenvalue weighted by atomic mass is 10.1. The number of nitrogens with zero attached hydrogens (tertiary/aromatic N) is 3. The molecule has 1 aliphatic rings. The summed E-state index contributed by atoms with van der Waals surface area (Å²) in [5.74, 6) is 0.256. The number of aromatic nitrogens is 2. The molecule has 33 heavy (non-hydrogen) atoms. The van der Waals surface area contributed by atoms with Gasteiger partial charge in [-0.25, -0.2) is 14.2 Å². The molecule has 0 aliphatic carbocycles. The topological polar surface area (TPSA) is 97.8 Å². The summed E-state index contributed by atoms with van der Waals surface area (Å²) < 4.78 is 30.8. The Bertz CT molecular complexity index is 935. The van der Waals surface area contributed by atoms with Crippen LogP contribution in [0.3, 0.4) is 0 Å². The number of amides is 1. The molecule has 9 nitrogen and oxygen atoms in total. The van der Waals surface area contributed by atoms with Crippen LogP contribution in [0.25, 0.3) is 0 Å². The lowest BCUT2D eigenvalue weighted by Gasteiger charge is -2.31. The van der Waals surface area contributed by atoms with E-state index in [2.05, 4.69) is 20.6 Å². The number of nitrogens with one attached hydrogen (secondary N) is 2. The molecule has 3 rings (SSSR count). The third kappa shape index (κ3) is 7.18. The lowest BCUT2D eigenvalue weighted by molar-refractivity contribution is 0.0506. The maximum Gasteiger partial charge on any atom is 0.410 e. The van der Waals surface area contributed by atoms with Crippen LogP contribution in [0.5, 0.6) is 5.88 Å². The van der Waals surface area contributed by atoms with Crippen molar-refractivity contribution in [3.8, 4) is 5.88 Å². The highest BCUT2D eigenvalue weighted by molar-refractivity contribution is 5.67. The summed E-state index contributed by atoms with van der Waals surface area (Å²) in [5.41, 5.74) is 1.70. The quantitative estimate of drug-likeness (QED) is 0.539. The molecule has 1 amide bonds. The first-order chi connectivity index (χ1) is 15.9. The highest BCUT2D eigenvalue weighted by Gasteiger charge is 2.26. The van der Waals surface area contributed by atoms with Crippen LogP contribution in [-0.2, 0) is 9.47 Å². The van der Waals surface area contributed by atoms with E-state index in [0.717, 1.165) is 5.56 Å². The fourth-order valence-corrected chi connectivity index (χ4v) is 3.34. The number of likely N-dealkylation sites (tertiary alicyclic amines) is 1. The average molecular weight is 462 g/mol. The van der Waals surface area contributed by atoms with Crippen LogP contribution in [-0.4, -0.2) is 66.5 Å². The number of benzene rings is 1. The summed E-state index contributed by atoms with van der Waals surface area (Å²) in [6, 6.07) is 4.80. The second-order valence-corrected chi connectivity index (χ2v) is 8.16. The number of carbonyl (C=O) groups is 1. The number of aryl methyl sites for hydroxylation is 1. The minimum Gasteiger partial charge on any atom is -0.474 e. The predicted octanol–water partition coefficient (Wildman–Crippen LogP) is 4.11. The van der Waals surface area contributed by atoms with Crippen LogP contribution in [0.1, 0.15) is 32.3 Å². The number of hydrogen-bond donors (Lipinski definition) is 2. The summed E-state index contributed by atoms with van der Waals surface area (Å²) in [4.78, 5) is 22.4. The molecule has 1 fully saturated rings. The van der Waals surface area contributed by atoms with Gasteiger partial charge in [0, 0.05) is 57.0 Å². The maximum absolute atomic E-state index is 14.5. The molecular weight excluding hydrogens is 429 g/mol. The van der Waals surface area contributed by atoms with Crippen LogP contribution >= 0.6 is 0 Å². The first-order valence-corrected chi connectivity index (χ1v) is 11.1. The van der Waals surface area contributed by atoms with Crippen LogP contribution in [0.4, 0.5) is 26.5 Å². The third-order valence-corrected chi connectivity index (χ3v) is 5.09. The fourth-order valence-electron chi connectivity index (χ4n) is 3.34. The number of ether oxygens (including phenoxy) is 3. The van der Waals surface area contributed by atoms with Gasteiger partial charge in [0.15, 0.2) is 0 Å². The van der Waals surface area contributed by atoms with E-state index in [1.54, 1.807) is 30.3 Å². The van der Waals surface area contributed by atoms with E-state index in [-0.39, 0.29) is 29.9 Å². The van der Waals surface area contributed by atoms with Gasteiger partial charge in [0.05, 0.1) is 18.4 Å². The van der Waals surface area contributed by atoms with Gasteiger partial charge < -0.3 is 29.7 Å². The van der Waals surface area contributed by atoms with Gasteiger partial charge in [-0.2, -0.15) is 4.98 Å². The molecule has 2 heterocycles. The largest absolute Gasteiger partial charge is 0.474 e. The van der Waals surface area contributed by atoms with Gasteiger partial charge in [0.25, 0.3) is 0 Å². The van der Waals surface area contributed by atoms with Crippen molar-refractivity contribution < 1.29 is 23.4 Å². The van der Waals surface area contributed by atoms with Crippen LogP contribution in [0, 0.1) is 12.7 Å². The molecule has 0 saturated carbocycles. The van der Waals surface area contributed by atoms with Crippen molar-refractivity contribution >= 4 is 23.4 Å². The van der Waals surface area contributed by atoms with Crippen molar-refractivity contribution in [3.05, 3.63) is 35.8 Å². The van der Waals surface area contributed by atoms with Gasteiger partial charge in [-0.15, -0.1) is 0 Å². The van der Waals surface area contributed by atoms with E-state index in [4.69, 9.17) is 14.2 Å². The van der Waals surface area contributed by atoms with Crippen molar-refractivity contribution in [2.75, 3.05) is 44.0 Å².